The van der Waals surface area contributed by atoms with E-state index in [0.29, 0.717) is 42.0 Å². The van der Waals surface area contributed by atoms with Crippen LogP contribution >= 0.6 is 0 Å². The smallest absolute Gasteiger partial charge is 0.410 e. The summed E-state index contributed by atoms with van der Waals surface area (Å²) < 4.78 is 7.71. The van der Waals surface area contributed by atoms with Crippen LogP contribution in [0.25, 0.3) is 11.0 Å². The molecule has 1 saturated heterocycles. The Kier molecular flexibility index (Phi) is 4.38. The summed E-state index contributed by atoms with van der Waals surface area (Å²) in [7, 11) is 0. The summed E-state index contributed by atoms with van der Waals surface area (Å²) in [5.41, 5.74) is 6.96. The van der Waals surface area contributed by atoms with Gasteiger partial charge >= 0.3 is 11.8 Å². The van der Waals surface area contributed by atoms with Gasteiger partial charge in [-0.2, -0.15) is 5.26 Å². The molecular weight excluding hydrogens is 422 g/mol. The Balaban J connectivity index is 1.17. The number of imidazole rings is 1. The van der Waals surface area contributed by atoms with Crippen molar-refractivity contribution in [2.24, 2.45) is 28.9 Å². The quantitative estimate of drug-likeness (QED) is 0.741. The fraction of sp³-hybridized carbons (Fsp3) is 0.583. The summed E-state index contributed by atoms with van der Waals surface area (Å²) in [4.78, 5) is 42.4. The van der Waals surface area contributed by atoms with Gasteiger partial charge < -0.3 is 20.4 Å². The lowest BCUT2D eigenvalue weighted by molar-refractivity contribution is -0.161. The SMILES string of the molecule is N#Cc1ccc2[nH]c(=O)n([C@@H]3CCN(C(=O)OC4C5CC6C[C@H]4C[C@@](C(N)=O)(C6)C5)C3)c2c1. The second kappa shape index (κ2) is 7.11. The summed E-state index contributed by atoms with van der Waals surface area (Å²) in [6.07, 6.45) is 4.47. The average Bonchev–Trinajstić information content (AvgIpc) is 3.38. The maximum Gasteiger partial charge on any atom is 0.410 e. The highest BCUT2D eigenvalue weighted by atomic mass is 16.6. The fourth-order valence-electron chi connectivity index (χ4n) is 7.33. The van der Waals surface area contributed by atoms with Crippen molar-refractivity contribution in [1.29, 1.82) is 5.26 Å². The molecule has 172 valence electrons. The van der Waals surface area contributed by atoms with Gasteiger partial charge in [0.05, 0.1) is 34.1 Å². The van der Waals surface area contributed by atoms with E-state index >= 15 is 0 Å². The number of H-pyrrole nitrogens is 1. The average molecular weight is 450 g/mol. The number of nitriles is 1. The van der Waals surface area contributed by atoms with Gasteiger partial charge in [0.15, 0.2) is 0 Å². The van der Waals surface area contributed by atoms with Crippen LogP contribution in [0.3, 0.4) is 0 Å². The van der Waals surface area contributed by atoms with Gasteiger partial charge in [-0.1, -0.05) is 0 Å². The number of carbonyl (C=O) groups is 2. The normalized spacial score (nSPS) is 34.5. The molecule has 9 nitrogen and oxygen atoms in total. The third kappa shape index (κ3) is 3.07. The summed E-state index contributed by atoms with van der Waals surface area (Å²) in [6.45, 7) is 0.898. The maximum atomic E-state index is 13.1. The molecule has 5 fully saturated rings. The van der Waals surface area contributed by atoms with Gasteiger partial charge in [0.2, 0.25) is 5.91 Å². The molecule has 4 bridgehead atoms. The van der Waals surface area contributed by atoms with Crippen molar-refractivity contribution >= 4 is 23.0 Å². The van der Waals surface area contributed by atoms with Crippen LogP contribution in [-0.2, 0) is 9.53 Å². The van der Waals surface area contributed by atoms with Crippen LogP contribution in [0, 0.1) is 34.5 Å². The molecule has 0 radical (unpaired) electrons. The van der Waals surface area contributed by atoms with E-state index in [1.54, 1.807) is 27.7 Å². The Morgan fingerprint density at radius 3 is 2.67 bits per heavy atom. The number of hydrogen-bond donors (Lipinski definition) is 2. The van der Waals surface area contributed by atoms with E-state index < -0.39 is 5.41 Å². The lowest BCUT2D eigenvalue weighted by Crippen LogP contribution is -2.59. The lowest BCUT2D eigenvalue weighted by Gasteiger charge is -2.58. The predicted octanol–water partition coefficient (Wildman–Crippen LogP) is 2.26. The van der Waals surface area contributed by atoms with Crippen LogP contribution in [0.2, 0.25) is 0 Å². The molecular formula is C24H27N5O4. The number of aromatic amines is 1. The molecule has 2 amide bonds. The summed E-state index contributed by atoms with van der Waals surface area (Å²) in [5, 5.41) is 9.22. The minimum absolute atomic E-state index is 0.158. The number of hydrogen-bond acceptors (Lipinski definition) is 5. The molecule has 6 atom stereocenters. The Morgan fingerprint density at radius 1 is 1.21 bits per heavy atom. The molecule has 4 aliphatic carbocycles. The summed E-state index contributed by atoms with van der Waals surface area (Å²) >= 11 is 0. The second-order valence-corrected chi connectivity index (χ2v) is 10.5. The number of benzene rings is 1. The minimum atomic E-state index is -0.406. The number of rotatable bonds is 3. The molecule has 1 aromatic heterocycles. The Morgan fingerprint density at radius 2 is 1.97 bits per heavy atom. The van der Waals surface area contributed by atoms with Crippen LogP contribution in [0.15, 0.2) is 23.0 Å². The van der Waals surface area contributed by atoms with E-state index in [9.17, 15) is 19.6 Å². The van der Waals surface area contributed by atoms with Gasteiger partial charge in [0.1, 0.15) is 6.10 Å². The molecule has 7 rings (SSSR count). The molecule has 5 aliphatic rings. The number of ether oxygens (including phenoxy) is 1. The van der Waals surface area contributed by atoms with E-state index in [1.165, 1.54) is 0 Å². The summed E-state index contributed by atoms with van der Waals surface area (Å²) in [5.74, 6) is 0.712. The number of primary amides is 1. The van der Waals surface area contributed by atoms with Crippen LogP contribution < -0.4 is 11.4 Å². The van der Waals surface area contributed by atoms with Gasteiger partial charge in [0, 0.05) is 13.1 Å². The third-order valence-corrected chi connectivity index (χ3v) is 8.58. The molecule has 1 aliphatic heterocycles. The zero-order valence-corrected chi connectivity index (χ0v) is 18.3. The van der Waals surface area contributed by atoms with Gasteiger partial charge in [-0.05, 0) is 74.5 Å². The van der Waals surface area contributed by atoms with E-state index in [4.69, 9.17) is 10.5 Å². The van der Waals surface area contributed by atoms with Gasteiger partial charge in [0.25, 0.3) is 0 Å². The molecule has 2 aromatic rings. The van der Waals surface area contributed by atoms with E-state index in [1.807, 2.05) is 0 Å². The summed E-state index contributed by atoms with van der Waals surface area (Å²) in [6, 6.07) is 7.05. The largest absolute Gasteiger partial charge is 0.446 e. The zero-order valence-electron chi connectivity index (χ0n) is 18.3. The topological polar surface area (TPSA) is 134 Å². The first-order valence-electron chi connectivity index (χ1n) is 11.8. The first-order chi connectivity index (χ1) is 15.9. The molecule has 3 N–H and O–H groups in total. The zero-order chi connectivity index (χ0) is 22.9. The van der Waals surface area contributed by atoms with Crippen molar-refractivity contribution in [3.63, 3.8) is 0 Å². The van der Waals surface area contributed by atoms with E-state index in [0.717, 1.165) is 32.1 Å². The third-order valence-electron chi connectivity index (χ3n) is 8.58. The lowest BCUT2D eigenvalue weighted by atomic mass is 9.48. The van der Waals surface area contributed by atoms with Crippen molar-refractivity contribution in [2.45, 2.75) is 50.7 Å². The van der Waals surface area contributed by atoms with Crippen molar-refractivity contribution in [3.8, 4) is 6.07 Å². The van der Waals surface area contributed by atoms with Gasteiger partial charge in [-0.25, -0.2) is 9.59 Å². The Bertz CT molecular complexity index is 1240. The number of nitrogens with two attached hydrogens (primary N) is 1. The molecule has 1 aromatic carbocycles. The number of nitrogens with zero attached hydrogens (tertiary/aromatic N) is 3. The molecule has 4 saturated carbocycles. The number of fused-ring (bicyclic) bond motifs is 1. The molecule has 0 spiro atoms. The highest BCUT2D eigenvalue weighted by Crippen LogP contribution is 2.60. The number of amides is 2. The van der Waals surface area contributed by atoms with Crippen molar-refractivity contribution in [2.75, 3.05) is 13.1 Å². The van der Waals surface area contributed by atoms with Crippen LogP contribution in [0.1, 0.15) is 50.1 Å². The number of nitrogens with one attached hydrogen (secondary N) is 1. The van der Waals surface area contributed by atoms with Crippen molar-refractivity contribution < 1.29 is 14.3 Å². The van der Waals surface area contributed by atoms with Crippen molar-refractivity contribution in [1.82, 2.24) is 14.5 Å². The highest BCUT2D eigenvalue weighted by Gasteiger charge is 2.59. The fourth-order valence-corrected chi connectivity index (χ4v) is 7.33. The number of likely N-dealkylation sites (tertiary alicyclic amines) is 1. The number of aromatic nitrogens is 2. The van der Waals surface area contributed by atoms with Gasteiger partial charge in [-0.15, -0.1) is 0 Å². The molecule has 33 heavy (non-hydrogen) atoms. The first kappa shape index (κ1) is 20.3. The van der Waals surface area contributed by atoms with Crippen molar-refractivity contribution in [3.05, 3.63) is 34.2 Å². The molecule has 9 heteroatoms. The monoisotopic (exact) mass is 449 g/mol. The second-order valence-electron chi connectivity index (χ2n) is 10.5. The number of carbonyl (C=O) groups excluding carboxylic acids is 2. The highest BCUT2D eigenvalue weighted by molar-refractivity contribution is 5.81. The molecule has 3 unspecified atom stereocenters. The van der Waals surface area contributed by atoms with Crippen LogP contribution in [0.5, 0.6) is 0 Å². The predicted molar refractivity (Wildman–Crippen MR) is 118 cm³/mol. The van der Waals surface area contributed by atoms with E-state index in [2.05, 4.69) is 11.1 Å². The first-order valence-corrected chi connectivity index (χ1v) is 11.8. The standard InChI is InChI=1S/C24H27N5O4/c25-11-13-1-2-18-19(7-13)29(22(31)27-18)17-3-4-28(12-17)23(32)33-20-15-5-14-6-16(20)10-24(8-14,9-15)21(26)30/h1-2,7,14-17,20H,3-6,8-10,12H2,(H2,26,30)(H,27,31)/t14?,15-,16?,17+,20?,24-/m0/s1. The van der Waals surface area contributed by atoms with Crippen LogP contribution in [-0.4, -0.2) is 45.6 Å². The van der Waals surface area contributed by atoms with E-state index in [-0.39, 0.29) is 41.7 Å². The van der Waals surface area contributed by atoms with Crippen LogP contribution in [0.4, 0.5) is 4.79 Å². The van der Waals surface area contributed by atoms with Gasteiger partial charge in [-0.3, -0.25) is 9.36 Å². The maximum absolute atomic E-state index is 13.1. The Labute approximate surface area is 190 Å². The minimum Gasteiger partial charge on any atom is -0.446 e. The Hall–Kier alpha value is -3.28. The molecule has 2 heterocycles.